The molecular weight excluding hydrogens is 406 g/mol. The molecule has 0 unspecified atom stereocenters. The second kappa shape index (κ2) is 8.59. The summed E-state index contributed by atoms with van der Waals surface area (Å²) in [5, 5.41) is 2.48. The lowest BCUT2D eigenvalue weighted by atomic mass is 10.1. The van der Waals surface area contributed by atoms with E-state index in [0.29, 0.717) is 21.3 Å². The molecule has 0 aliphatic rings. The van der Waals surface area contributed by atoms with Gasteiger partial charge < -0.3 is 4.74 Å². The molecule has 0 saturated carbocycles. The molecule has 0 radical (unpaired) electrons. The molecule has 25 heavy (non-hydrogen) atoms. The van der Waals surface area contributed by atoms with Crippen LogP contribution in [0.1, 0.15) is 26.3 Å². The van der Waals surface area contributed by atoms with Crippen molar-refractivity contribution in [1.29, 1.82) is 0 Å². The smallest absolute Gasteiger partial charge is 0.269 e. The molecule has 0 atom stereocenters. The van der Waals surface area contributed by atoms with Gasteiger partial charge in [0.2, 0.25) is 0 Å². The van der Waals surface area contributed by atoms with Crippen LogP contribution in [-0.2, 0) is 0 Å². The minimum absolute atomic E-state index is 0.00787. The number of rotatable bonds is 3. The van der Waals surface area contributed by atoms with E-state index < -0.39 is 5.91 Å². The summed E-state index contributed by atoms with van der Waals surface area (Å²) >= 11 is 8.31. The van der Waals surface area contributed by atoms with E-state index in [9.17, 15) is 9.59 Å². The van der Waals surface area contributed by atoms with Crippen molar-refractivity contribution in [2.45, 2.75) is 6.92 Å². The van der Waals surface area contributed by atoms with Gasteiger partial charge in [-0.1, -0.05) is 17.7 Å². The van der Waals surface area contributed by atoms with Crippen molar-refractivity contribution in [3.8, 4) is 5.75 Å². The fraction of sp³-hybridized carbons (Fsp3) is 0.118. The molecule has 0 aromatic heterocycles. The third-order valence-electron chi connectivity index (χ3n) is 3.24. The van der Waals surface area contributed by atoms with Crippen LogP contribution in [0.15, 0.2) is 46.9 Å². The summed E-state index contributed by atoms with van der Waals surface area (Å²) in [5.74, 6) is -0.153. The number of hydrogen-bond acceptors (Lipinski definition) is 4. The van der Waals surface area contributed by atoms with Crippen LogP contribution in [0.5, 0.6) is 5.75 Å². The van der Waals surface area contributed by atoms with Crippen molar-refractivity contribution < 1.29 is 14.3 Å². The van der Waals surface area contributed by atoms with Crippen LogP contribution in [-0.4, -0.2) is 24.0 Å². The van der Waals surface area contributed by atoms with Crippen molar-refractivity contribution in [2.24, 2.45) is 0 Å². The number of carbonyl (C=O) groups excluding carboxylic acids is 2. The maximum Gasteiger partial charge on any atom is 0.269 e. The Bertz CT molecular complexity index is 809. The van der Waals surface area contributed by atoms with Crippen LogP contribution < -0.4 is 20.9 Å². The summed E-state index contributed by atoms with van der Waals surface area (Å²) in [6.07, 6.45) is 0. The second-order valence-corrected chi connectivity index (χ2v) is 6.34. The number of carbonyl (C=O) groups is 2. The Morgan fingerprint density at radius 2 is 1.64 bits per heavy atom. The zero-order valence-electron chi connectivity index (χ0n) is 13.6. The number of methoxy groups -OCH3 is 1. The molecule has 0 spiro atoms. The molecule has 130 valence electrons. The Kier molecular flexibility index (Phi) is 6.49. The first kappa shape index (κ1) is 18.9. The van der Waals surface area contributed by atoms with E-state index in [0.717, 1.165) is 5.56 Å². The largest absolute Gasteiger partial charge is 0.496 e. The highest BCUT2D eigenvalue weighted by atomic mass is 79.9. The van der Waals surface area contributed by atoms with E-state index in [2.05, 4.69) is 32.1 Å². The number of ether oxygens (including phenoxy) is 1. The summed E-state index contributed by atoms with van der Waals surface area (Å²) in [6.45, 7) is 1.93. The predicted molar refractivity (Wildman–Crippen MR) is 103 cm³/mol. The fourth-order valence-electron chi connectivity index (χ4n) is 1.90. The van der Waals surface area contributed by atoms with Gasteiger partial charge in [-0.2, -0.15) is 0 Å². The molecule has 2 aromatic rings. The summed E-state index contributed by atoms with van der Waals surface area (Å²) in [7, 11) is 1.54. The number of thiocarbonyl (C=S) groups is 1. The third kappa shape index (κ3) is 5.27. The van der Waals surface area contributed by atoms with Gasteiger partial charge in [-0.3, -0.25) is 25.8 Å². The molecule has 0 aliphatic carbocycles. The normalized spacial score (nSPS) is 9.88. The maximum absolute atomic E-state index is 12.1. The van der Waals surface area contributed by atoms with Crippen molar-refractivity contribution in [3.05, 3.63) is 63.6 Å². The van der Waals surface area contributed by atoms with Crippen LogP contribution in [0.3, 0.4) is 0 Å². The SMILES string of the molecule is COc1ccc(C(=O)NNC(=S)NC(=O)c2ccc(C)cc2)cc1Br. The van der Waals surface area contributed by atoms with E-state index in [1.807, 2.05) is 19.1 Å². The molecule has 0 heterocycles. The topological polar surface area (TPSA) is 79.5 Å². The highest BCUT2D eigenvalue weighted by molar-refractivity contribution is 9.10. The molecule has 2 aromatic carbocycles. The van der Waals surface area contributed by atoms with E-state index in [1.54, 1.807) is 30.3 Å². The Morgan fingerprint density at radius 1 is 1.00 bits per heavy atom. The number of hydrogen-bond donors (Lipinski definition) is 3. The van der Waals surface area contributed by atoms with Gasteiger partial charge in [0.25, 0.3) is 11.8 Å². The Morgan fingerprint density at radius 3 is 2.24 bits per heavy atom. The zero-order chi connectivity index (χ0) is 18.4. The Labute approximate surface area is 159 Å². The van der Waals surface area contributed by atoms with Gasteiger partial charge in [0.15, 0.2) is 5.11 Å². The van der Waals surface area contributed by atoms with Gasteiger partial charge in [0.1, 0.15) is 5.75 Å². The van der Waals surface area contributed by atoms with Gasteiger partial charge in [-0.15, -0.1) is 0 Å². The number of aryl methyl sites for hydroxylation is 1. The summed E-state index contributed by atoms with van der Waals surface area (Å²) in [4.78, 5) is 24.1. The summed E-state index contributed by atoms with van der Waals surface area (Å²) < 4.78 is 5.76. The average molecular weight is 422 g/mol. The number of nitrogens with one attached hydrogen (secondary N) is 3. The van der Waals surface area contributed by atoms with Crippen LogP contribution in [0, 0.1) is 6.92 Å². The highest BCUT2D eigenvalue weighted by Crippen LogP contribution is 2.25. The molecule has 6 nitrogen and oxygen atoms in total. The third-order valence-corrected chi connectivity index (χ3v) is 4.07. The van der Waals surface area contributed by atoms with Crippen molar-refractivity contribution in [2.75, 3.05) is 7.11 Å². The van der Waals surface area contributed by atoms with Crippen LogP contribution in [0.2, 0.25) is 0 Å². The number of amides is 2. The van der Waals surface area contributed by atoms with E-state index >= 15 is 0 Å². The second-order valence-electron chi connectivity index (χ2n) is 5.08. The molecule has 0 aliphatic heterocycles. The molecule has 2 amide bonds. The maximum atomic E-state index is 12.1. The fourth-order valence-corrected chi connectivity index (χ4v) is 2.59. The van der Waals surface area contributed by atoms with E-state index in [1.165, 1.54) is 7.11 Å². The molecule has 2 rings (SSSR count). The first-order chi connectivity index (χ1) is 11.9. The lowest BCUT2D eigenvalue weighted by molar-refractivity contribution is 0.0934. The minimum atomic E-state index is -0.407. The molecule has 0 bridgehead atoms. The minimum Gasteiger partial charge on any atom is -0.496 e. The van der Waals surface area contributed by atoms with Crippen molar-refractivity contribution in [3.63, 3.8) is 0 Å². The lowest BCUT2D eigenvalue weighted by Gasteiger charge is -2.11. The highest BCUT2D eigenvalue weighted by Gasteiger charge is 2.11. The van der Waals surface area contributed by atoms with Crippen LogP contribution in [0.4, 0.5) is 0 Å². The summed E-state index contributed by atoms with van der Waals surface area (Å²) in [6, 6.07) is 11.9. The molecule has 0 fully saturated rings. The molecule has 8 heteroatoms. The quantitative estimate of drug-likeness (QED) is 0.524. The summed E-state index contributed by atoms with van der Waals surface area (Å²) in [5.41, 5.74) is 6.84. The first-order valence-electron chi connectivity index (χ1n) is 7.22. The Balaban J connectivity index is 1.88. The van der Waals surface area contributed by atoms with Crippen molar-refractivity contribution >= 4 is 45.1 Å². The van der Waals surface area contributed by atoms with Gasteiger partial charge in [-0.05, 0) is 65.4 Å². The van der Waals surface area contributed by atoms with E-state index in [4.69, 9.17) is 17.0 Å². The standard InChI is InChI=1S/C17H16BrN3O3S/c1-10-3-5-11(6-4-10)15(22)19-17(25)21-20-16(23)12-7-8-14(24-2)13(18)9-12/h3-9H,1-2H3,(H,20,23)(H2,19,21,22,25). The van der Waals surface area contributed by atoms with E-state index in [-0.39, 0.29) is 11.0 Å². The number of benzene rings is 2. The van der Waals surface area contributed by atoms with Gasteiger partial charge in [-0.25, -0.2) is 0 Å². The van der Waals surface area contributed by atoms with Gasteiger partial charge in [0.05, 0.1) is 11.6 Å². The molecule has 0 saturated heterocycles. The van der Waals surface area contributed by atoms with Crippen molar-refractivity contribution in [1.82, 2.24) is 16.2 Å². The number of halogens is 1. The average Bonchev–Trinajstić information content (AvgIpc) is 2.60. The first-order valence-corrected chi connectivity index (χ1v) is 8.42. The predicted octanol–water partition coefficient (Wildman–Crippen LogP) is 2.72. The van der Waals surface area contributed by atoms with Crippen LogP contribution >= 0.6 is 28.1 Å². The van der Waals surface area contributed by atoms with Crippen LogP contribution in [0.25, 0.3) is 0 Å². The van der Waals surface area contributed by atoms with Gasteiger partial charge >= 0.3 is 0 Å². The molecule has 3 N–H and O–H groups in total. The Hall–Kier alpha value is -2.45. The zero-order valence-corrected chi connectivity index (χ0v) is 16.0. The van der Waals surface area contributed by atoms with Gasteiger partial charge in [0, 0.05) is 11.1 Å². The molecular formula is C17H16BrN3O3S. The monoisotopic (exact) mass is 421 g/mol. The number of hydrazine groups is 1. The lowest BCUT2D eigenvalue weighted by Crippen LogP contribution is -2.48.